The van der Waals surface area contributed by atoms with E-state index in [9.17, 15) is 4.79 Å². The fourth-order valence-corrected chi connectivity index (χ4v) is 4.69. The first kappa shape index (κ1) is 15.5. The molecule has 4 rings (SSSR count). The van der Waals surface area contributed by atoms with Crippen LogP contribution in [-0.2, 0) is 19.9 Å². The summed E-state index contributed by atoms with van der Waals surface area (Å²) >= 11 is 5.04. The van der Waals surface area contributed by atoms with Crippen LogP contribution in [0.25, 0.3) is 11.3 Å². The molecule has 1 aliphatic carbocycles. The Labute approximate surface area is 152 Å². The smallest absolute Gasteiger partial charge is 0.280 e. The number of rotatable bonds is 1. The number of thiazole rings is 1. The van der Waals surface area contributed by atoms with Crippen molar-refractivity contribution in [3.05, 3.63) is 73.8 Å². The zero-order valence-corrected chi connectivity index (χ0v) is 15.5. The van der Waals surface area contributed by atoms with Crippen molar-refractivity contribution in [1.82, 2.24) is 4.57 Å². The van der Waals surface area contributed by atoms with Gasteiger partial charge in [0.1, 0.15) is 0 Å². The molecule has 24 heavy (non-hydrogen) atoms. The summed E-state index contributed by atoms with van der Waals surface area (Å²) in [5, 5.41) is 0. The molecule has 0 aliphatic heterocycles. The molecular formula is C19H15BrN2OS. The average molecular weight is 399 g/mol. The van der Waals surface area contributed by atoms with E-state index < -0.39 is 0 Å². The molecule has 0 fully saturated rings. The van der Waals surface area contributed by atoms with Crippen LogP contribution in [0.4, 0.5) is 0 Å². The predicted octanol–water partition coefficient (Wildman–Crippen LogP) is 4.36. The van der Waals surface area contributed by atoms with Crippen LogP contribution < -0.4 is 4.80 Å². The van der Waals surface area contributed by atoms with Gasteiger partial charge in [0.25, 0.3) is 5.91 Å². The molecule has 0 saturated heterocycles. The number of hydrogen-bond acceptors (Lipinski definition) is 2. The van der Waals surface area contributed by atoms with Gasteiger partial charge in [0, 0.05) is 22.0 Å². The third-order valence-corrected chi connectivity index (χ3v) is 6.18. The summed E-state index contributed by atoms with van der Waals surface area (Å²) in [4.78, 5) is 19.0. The molecule has 3 nitrogen and oxygen atoms in total. The highest BCUT2D eigenvalue weighted by molar-refractivity contribution is 9.10. The number of halogens is 1. The number of hydrogen-bond donors (Lipinski definition) is 0. The van der Waals surface area contributed by atoms with Crippen LogP contribution in [-0.4, -0.2) is 10.5 Å². The summed E-state index contributed by atoms with van der Waals surface area (Å²) in [6.07, 6.45) is 2.05. The Balaban J connectivity index is 1.84. The molecule has 120 valence electrons. The van der Waals surface area contributed by atoms with Crippen molar-refractivity contribution < 1.29 is 4.79 Å². The lowest BCUT2D eigenvalue weighted by atomic mass is 9.93. The topological polar surface area (TPSA) is 34.4 Å². The van der Waals surface area contributed by atoms with Gasteiger partial charge in [-0.1, -0.05) is 36.4 Å². The average Bonchev–Trinajstić information content (AvgIpc) is 2.91. The largest absolute Gasteiger partial charge is 0.319 e. The highest BCUT2D eigenvalue weighted by Gasteiger charge is 2.21. The normalized spacial score (nSPS) is 13.5. The van der Waals surface area contributed by atoms with E-state index in [4.69, 9.17) is 0 Å². The standard InChI is InChI=1S/C19H15BrN2OS/c1-22-17-13-7-3-2-6-12(13)10-11-16(17)24-19(22)21-18(23)14-8-4-5-9-15(14)20/h2-9H,10-11H2,1H3. The predicted molar refractivity (Wildman–Crippen MR) is 100 cm³/mol. The van der Waals surface area contributed by atoms with Crippen LogP contribution in [0.1, 0.15) is 20.8 Å². The summed E-state index contributed by atoms with van der Waals surface area (Å²) in [6, 6.07) is 15.9. The Morgan fingerprint density at radius 1 is 1.12 bits per heavy atom. The van der Waals surface area contributed by atoms with Gasteiger partial charge in [0.05, 0.1) is 11.3 Å². The minimum atomic E-state index is -0.218. The highest BCUT2D eigenvalue weighted by atomic mass is 79.9. The highest BCUT2D eigenvalue weighted by Crippen LogP contribution is 2.34. The van der Waals surface area contributed by atoms with Gasteiger partial charge < -0.3 is 4.57 Å². The van der Waals surface area contributed by atoms with Crippen molar-refractivity contribution in [3.63, 3.8) is 0 Å². The molecule has 0 radical (unpaired) electrons. The van der Waals surface area contributed by atoms with E-state index >= 15 is 0 Å². The van der Waals surface area contributed by atoms with Crippen LogP contribution in [0.2, 0.25) is 0 Å². The van der Waals surface area contributed by atoms with Gasteiger partial charge in [-0.05, 0) is 46.5 Å². The van der Waals surface area contributed by atoms with Crippen molar-refractivity contribution in [2.45, 2.75) is 12.8 Å². The lowest BCUT2D eigenvalue weighted by molar-refractivity contribution is 0.0997. The van der Waals surface area contributed by atoms with E-state index in [1.165, 1.54) is 21.7 Å². The first-order valence-electron chi connectivity index (χ1n) is 7.75. The molecule has 1 aliphatic rings. The summed E-state index contributed by atoms with van der Waals surface area (Å²) in [7, 11) is 1.99. The number of benzene rings is 2. The Morgan fingerprint density at radius 2 is 1.88 bits per heavy atom. The Morgan fingerprint density at radius 3 is 2.71 bits per heavy atom. The molecule has 0 bridgehead atoms. The molecule has 0 N–H and O–H groups in total. The maximum Gasteiger partial charge on any atom is 0.280 e. The molecule has 3 aromatic rings. The second-order valence-electron chi connectivity index (χ2n) is 5.77. The van der Waals surface area contributed by atoms with Gasteiger partial charge in [-0.15, -0.1) is 11.3 Å². The van der Waals surface area contributed by atoms with Crippen molar-refractivity contribution in [3.8, 4) is 11.3 Å². The van der Waals surface area contributed by atoms with Crippen LogP contribution in [0.5, 0.6) is 0 Å². The number of aryl methyl sites for hydroxylation is 2. The molecule has 0 spiro atoms. The summed E-state index contributed by atoms with van der Waals surface area (Å²) in [5.41, 5.74) is 4.40. The SMILES string of the molecule is Cn1c2c(sc1=NC(=O)c1ccccc1Br)CCc1ccccc1-2. The van der Waals surface area contributed by atoms with Gasteiger partial charge in [-0.3, -0.25) is 4.79 Å². The number of nitrogens with zero attached hydrogens (tertiary/aromatic N) is 2. The van der Waals surface area contributed by atoms with Gasteiger partial charge in [0.2, 0.25) is 0 Å². The zero-order chi connectivity index (χ0) is 16.7. The summed E-state index contributed by atoms with van der Waals surface area (Å²) in [5.74, 6) is -0.218. The Bertz CT molecular complexity index is 1020. The van der Waals surface area contributed by atoms with Crippen LogP contribution >= 0.6 is 27.3 Å². The maximum absolute atomic E-state index is 12.5. The first-order valence-corrected chi connectivity index (χ1v) is 9.36. The summed E-state index contributed by atoms with van der Waals surface area (Å²) in [6.45, 7) is 0. The quantitative estimate of drug-likeness (QED) is 0.599. The molecule has 5 heteroatoms. The molecule has 1 amide bonds. The van der Waals surface area contributed by atoms with E-state index in [1.807, 2.05) is 29.8 Å². The Kier molecular flexibility index (Phi) is 3.98. The first-order chi connectivity index (χ1) is 11.6. The molecule has 1 aromatic heterocycles. The maximum atomic E-state index is 12.5. The summed E-state index contributed by atoms with van der Waals surface area (Å²) < 4.78 is 2.82. The monoisotopic (exact) mass is 398 g/mol. The van der Waals surface area contributed by atoms with Gasteiger partial charge in [-0.25, -0.2) is 0 Å². The van der Waals surface area contributed by atoms with E-state index in [-0.39, 0.29) is 5.91 Å². The van der Waals surface area contributed by atoms with Gasteiger partial charge in [-0.2, -0.15) is 4.99 Å². The van der Waals surface area contributed by atoms with E-state index in [2.05, 4.69) is 45.2 Å². The number of aromatic nitrogens is 1. The minimum Gasteiger partial charge on any atom is -0.319 e. The minimum absolute atomic E-state index is 0.218. The lowest BCUT2D eigenvalue weighted by Gasteiger charge is -2.16. The lowest BCUT2D eigenvalue weighted by Crippen LogP contribution is -2.15. The third kappa shape index (κ3) is 2.58. The van der Waals surface area contributed by atoms with Gasteiger partial charge >= 0.3 is 0 Å². The number of fused-ring (bicyclic) bond motifs is 3. The van der Waals surface area contributed by atoms with E-state index in [0.29, 0.717) is 5.56 Å². The third-order valence-electron chi connectivity index (χ3n) is 4.30. The fraction of sp³-hybridized carbons (Fsp3) is 0.158. The number of amides is 1. The van der Waals surface area contributed by atoms with Crippen LogP contribution in [0, 0.1) is 0 Å². The Hall–Kier alpha value is -1.98. The second kappa shape index (κ2) is 6.15. The van der Waals surface area contributed by atoms with Crippen molar-refractivity contribution in [1.29, 1.82) is 0 Å². The fourth-order valence-electron chi connectivity index (χ4n) is 3.11. The van der Waals surface area contributed by atoms with Crippen LogP contribution in [0.3, 0.4) is 0 Å². The molecule has 0 unspecified atom stereocenters. The number of carbonyl (C=O) groups excluding carboxylic acids is 1. The zero-order valence-electron chi connectivity index (χ0n) is 13.1. The van der Waals surface area contributed by atoms with Crippen molar-refractivity contribution in [2.24, 2.45) is 12.0 Å². The number of carbonyl (C=O) groups is 1. The molecule has 0 saturated carbocycles. The molecular weight excluding hydrogens is 384 g/mol. The van der Waals surface area contributed by atoms with Crippen molar-refractivity contribution in [2.75, 3.05) is 0 Å². The van der Waals surface area contributed by atoms with Crippen LogP contribution in [0.15, 0.2) is 58.0 Å². The molecule has 2 aromatic carbocycles. The van der Waals surface area contributed by atoms with E-state index in [0.717, 1.165) is 22.1 Å². The second-order valence-corrected chi connectivity index (χ2v) is 7.69. The van der Waals surface area contributed by atoms with E-state index in [1.54, 1.807) is 17.4 Å². The molecule has 0 atom stereocenters. The molecule has 1 heterocycles. The van der Waals surface area contributed by atoms with Gasteiger partial charge in [0.15, 0.2) is 4.80 Å². The van der Waals surface area contributed by atoms with Crippen molar-refractivity contribution >= 4 is 33.2 Å².